The van der Waals surface area contributed by atoms with Crippen LogP contribution in [0.2, 0.25) is 0 Å². The highest BCUT2D eigenvalue weighted by Crippen LogP contribution is 2.26. The van der Waals surface area contributed by atoms with E-state index >= 15 is 0 Å². The molecule has 0 saturated heterocycles. The monoisotopic (exact) mass is 353 g/mol. The van der Waals surface area contributed by atoms with Gasteiger partial charge >= 0.3 is 0 Å². The van der Waals surface area contributed by atoms with Gasteiger partial charge in [-0.25, -0.2) is 4.98 Å². The number of aliphatic imine (C=N–C) groups is 2. The van der Waals surface area contributed by atoms with E-state index in [9.17, 15) is 0 Å². The van der Waals surface area contributed by atoms with E-state index in [1.165, 1.54) is 0 Å². The first-order valence-corrected chi connectivity index (χ1v) is 8.88. The normalized spacial score (nSPS) is 11.1. The first-order valence-electron chi connectivity index (χ1n) is 8.06. The summed E-state index contributed by atoms with van der Waals surface area (Å²) in [5.41, 5.74) is 6.29. The maximum Gasteiger partial charge on any atom is 0.0731 e. The number of aromatic nitrogens is 1. The van der Waals surface area contributed by atoms with Crippen LogP contribution in [0, 0.1) is 0 Å². The van der Waals surface area contributed by atoms with E-state index in [4.69, 9.17) is 4.98 Å². The highest BCUT2D eigenvalue weighted by molar-refractivity contribution is 7.14. The van der Waals surface area contributed by atoms with E-state index in [2.05, 4.69) is 41.1 Å². The van der Waals surface area contributed by atoms with E-state index in [1.807, 2.05) is 54.8 Å². The second kappa shape index (κ2) is 6.89. The Morgan fingerprint density at radius 2 is 1.58 bits per heavy atom. The maximum atomic E-state index is 4.75. The summed E-state index contributed by atoms with van der Waals surface area (Å²) in [5, 5.41) is 2.17. The molecule has 4 aromatic rings. The SMILES string of the molecule is C=C=Cc1ccc(C=Nc2ccc3cc4ccc(N=C)cc4nc3c2)s1. The predicted octanol–water partition coefficient (Wildman–Crippen LogP) is 6.33. The highest BCUT2D eigenvalue weighted by Gasteiger charge is 2.02. The number of pyridine rings is 1. The Kier molecular flexibility index (Phi) is 4.28. The van der Waals surface area contributed by atoms with E-state index in [-0.39, 0.29) is 0 Å². The second-order valence-corrected chi connectivity index (χ2v) is 6.89. The van der Waals surface area contributed by atoms with Crippen molar-refractivity contribution in [2.24, 2.45) is 9.98 Å². The van der Waals surface area contributed by atoms with Crippen LogP contribution in [0.4, 0.5) is 11.4 Å². The summed E-state index contributed by atoms with van der Waals surface area (Å²) in [7, 11) is 0. The zero-order chi connectivity index (χ0) is 17.9. The molecule has 0 aliphatic heterocycles. The van der Waals surface area contributed by atoms with Gasteiger partial charge in [0.1, 0.15) is 0 Å². The molecule has 26 heavy (non-hydrogen) atoms. The summed E-state index contributed by atoms with van der Waals surface area (Å²) in [6, 6.07) is 18.2. The van der Waals surface area contributed by atoms with Gasteiger partial charge in [-0.3, -0.25) is 9.98 Å². The lowest BCUT2D eigenvalue weighted by Gasteiger charge is -2.03. The molecule has 124 valence electrons. The van der Waals surface area contributed by atoms with Crippen molar-refractivity contribution >= 4 is 63.5 Å². The number of thiophene rings is 1. The number of hydrogen-bond acceptors (Lipinski definition) is 4. The standard InChI is InChI=1S/C22H15N3S/c1-3-4-19-9-10-20(26-19)14-24-18-8-6-16-11-15-5-7-17(23-2)12-21(15)25-22(16)13-18/h4-14H,1-2H2. The van der Waals surface area contributed by atoms with E-state index in [1.54, 1.807) is 11.3 Å². The third kappa shape index (κ3) is 3.24. The van der Waals surface area contributed by atoms with Gasteiger partial charge < -0.3 is 0 Å². The van der Waals surface area contributed by atoms with Crippen LogP contribution in [0.15, 0.2) is 76.9 Å². The fourth-order valence-corrected chi connectivity index (χ4v) is 3.52. The van der Waals surface area contributed by atoms with Gasteiger partial charge in [-0.05, 0) is 55.3 Å². The molecule has 0 saturated carbocycles. The minimum Gasteiger partial charge on any atom is -0.265 e. The first-order chi connectivity index (χ1) is 12.7. The summed E-state index contributed by atoms with van der Waals surface area (Å²) in [5.74, 6) is 0. The fourth-order valence-electron chi connectivity index (χ4n) is 2.73. The topological polar surface area (TPSA) is 37.6 Å². The Hall–Kier alpha value is -3.33. The van der Waals surface area contributed by atoms with E-state index < -0.39 is 0 Å². The second-order valence-electron chi connectivity index (χ2n) is 5.75. The van der Waals surface area contributed by atoms with Gasteiger partial charge in [0.15, 0.2) is 0 Å². The molecule has 0 aliphatic rings. The van der Waals surface area contributed by atoms with Crippen LogP contribution in [-0.4, -0.2) is 17.9 Å². The number of hydrogen-bond donors (Lipinski definition) is 0. The van der Waals surface area contributed by atoms with Crippen LogP contribution in [0.5, 0.6) is 0 Å². The zero-order valence-corrected chi connectivity index (χ0v) is 14.8. The van der Waals surface area contributed by atoms with Crippen LogP contribution in [0.1, 0.15) is 9.75 Å². The van der Waals surface area contributed by atoms with Gasteiger partial charge in [-0.1, -0.05) is 18.7 Å². The molecule has 0 unspecified atom stereocenters. The Labute approximate surface area is 155 Å². The van der Waals surface area contributed by atoms with Crippen molar-refractivity contribution < 1.29 is 0 Å². The quantitative estimate of drug-likeness (QED) is 0.240. The molecule has 2 aromatic carbocycles. The molecule has 0 atom stereocenters. The van der Waals surface area contributed by atoms with Crippen LogP contribution in [0.25, 0.3) is 27.9 Å². The van der Waals surface area contributed by atoms with Crippen molar-refractivity contribution in [2.45, 2.75) is 0 Å². The van der Waals surface area contributed by atoms with Crippen molar-refractivity contribution in [3.05, 3.63) is 76.7 Å². The number of nitrogens with zero attached hydrogens (tertiary/aromatic N) is 3. The number of fused-ring (bicyclic) bond motifs is 2. The average molecular weight is 353 g/mol. The van der Waals surface area contributed by atoms with E-state index in [0.29, 0.717) is 0 Å². The lowest BCUT2D eigenvalue weighted by Crippen LogP contribution is -1.82. The van der Waals surface area contributed by atoms with Crippen molar-refractivity contribution in [1.29, 1.82) is 0 Å². The summed E-state index contributed by atoms with van der Waals surface area (Å²) < 4.78 is 0. The maximum absolute atomic E-state index is 4.75. The largest absolute Gasteiger partial charge is 0.265 e. The Morgan fingerprint density at radius 1 is 0.885 bits per heavy atom. The molecule has 0 aliphatic carbocycles. The lowest BCUT2D eigenvalue weighted by molar-refractivity contribution is 1.46. The summed E-state index contributed by atoms with van der Waals surface area (Å²) in [4.78, 5) is 15.5. The van der Waals surface area contributed by atoms with Gasteiger partial charge in [-0.15, -0.1) is 17.1 Å². The lowest BCUT2D eigenvalue weighted by atomic mass is 10.1. The summed E-state index contributed by atoms with van der Waals surface area (Å²) in [6.07, 6.45) is 3.73. The molecule has 0 N–H and O–H groups in total. The van der Waals surface area contributed by atoms with Crippen molar-refractivity contribution in [1.82, 2.24) is 4.98 Å². The third-order valence-electron chi connectivity index (χ3n) is 4.00. The smallest absolute Gasteiger partial charge is 0.0731 e. The molecule has 4 heteroatoms. The van der Waals surface area contributed by atoms with Gasteiger partial charge in [0.2, 0.25) is 0 Å². The molecule has 0 bridgehead atoms. The average Bonchev–Trinajstić information content (AvgIpc) is 3.12. The Bertz CT molecular complexity index is 1210. The number of rotatable bonds is 4. The van der Waals surface area contributed by atoms with E-state index in [0.717, 1.165) is 42.9 Å². The van der Waals surface area contributed by atoms with Gasteiger partial charge in [-0.2, -0.15) is 0 Å². The molecule has 0 spiro atoms. The Morgan fingerprint density at radius 3 is 2.31 bits per heavy atom. The van der Waals surface area contributed by atoms with Crippen LogP contribution >= 0.6 is 11.3 Å². The van der Waals surface area contributed by atoms with Crippen molar-refractivity contribution in [3.63, 3.8) is 0 Å². The summed E-state index contributed by atoms with van der Waals surface area (Å²) >= 11 is 1.65. The van der Waals surface area contributed by atoms with Crippen molar-refractivity contribution in [2.75, 3.05) is 0 Å². The zero-order valence-electron chi connectivity index (χ0n) is 14.0. The molecule has 0 amide bonds. The minimum atomic E-state index is 0.820. The van der Waals surface area contributed by atoms with Crippen LogP contribution < -0.4 is 0 Å². The molecular weight excluding hydrogens is 338 g/mol. The predicted molar refractivity (Wildman–Crippen MR) is 114 cm³/mol. The minimum absolute atomic E-state index is 0.820. The molecule has 0 radical (unpaired) electrons. The molecular formula is C22H15N3S. The molecule has 2 aromatic heterocycles. The number of benzene rings is 2. The van der Waals surface area contributed by atoms with Gasteiger partial charge in [0.25, 0.3) is 0 Å². The highest BCUT2D eigenvalue weighted by atomic mass is 32.1. The van der Waals surface area contributed by atoms with Crippen LogP contribution in [-0.2, 0) is 0 Å². The Balaban J connectivity index is 1.71. The molecule has 3 nitrogen and oxygen atoms in total. The molecule has 4 rings (SSSR count). The van der Waals surface area contributed by atoms with Crippen molar-refractivity contribution in [3.8, 4) is 0 Å². The van der Waals surface area contributed by atoms with Gasteiger partial charge in [0.05, 0.1) is 22.4 Å². The summed E-state index contributed by atoms with van der Waals surface area (Å²) in [6.45, 7) is 7.17. The van der Waals surface area contributed by atoms with Gasteiger partial charge in [0, 0.05) is 26.7 Å². The molecule has 0 fully saturated rings. The third-order valence-corrected chi connectivity index (χ3v) is 4.96. The fraction of sp³-hybridized carbons (Fsp3) is 0. The van der Waals surface area contributed by atoms with Crippen LogP contribution in [0.3, 0.4) is 0 Å². The first kappa shape index (κ1) is 16.2. The molecule has 2 heterocycles.